The molecule has 0 aliphatic rings. The van der Waals surface area contributed by atoms with Crippen LogP contribution in [0, 0.1) is 0 Å². The summed E-state index contributed by atoms with van der Waals surface area (Å²) >= 11 is 0. The quantitative estimate of drug-likeness (QED) is 0.190. The van der Waals surface area contributed by atoms with Gasteiger partial charge < -0.3 is 0 Å². The molecule has 0 radical (unpaired) electrons. The molecule has 10 aromatic rings. The molecule has 0 bridgehead atoms. The second-order valence-corrected chi connectivity index (χ2v) is 11.9. The van der Waals surface area contributed by atoms with Gasteiger partial charge in [-0.3, -0.25) is 19.5 Å². The van der Waals surface area contributed by atoms with Crippen molar-refractivity contribution in [1.82, 2.24) is 24.5 Å². The van der Waals surface area contributed by atoms with E-state index in [9.17, 15) is 0 Å². The van der Waals surface area contributed by atoms with Gasteiger partial charge in [-0.15, -0.1) is 0 Å². The minimum atomic E-state index is 0.866. The Balaban J connectivity index is 1.20. The molecule has 5 heterocycles. The zero-order chi connectivity index (χ0) is 30.9. The summed E-state index contributed by atoms with van der Waals surface area (Å²) in [4.78, 5) is 19.3. The monoisotopic (exact) mass is 599 g/mol. The summed E-state index contributed by atoms with van der Waals surface area (Å²) in [5.74, 6) is 0.866. The number of aromatic nitrogens is 5. The number of hydrogen-bond acceptors (Lipinski definition) is 4. The van der Waals surface area contributed by atoms with Crippen LogP contribution < -0.4 is 0 Å². The molecule has 0 spiro atoms. The van der Waals surface area contributed by atoms with Crippen LogP contribution >= 0.6 is 0 Å². The van der Waals surface area contributed by atoms with E-state index in [1.165, 1.54) is 26.9 Å². The Labute approximate surface area is 269 Å². The van der Waals surface area contributed by atoms with Gasteiger partial charge in [-0.2, -0.15) is 0 Å². The van der Waals surface area contributed by atoms with Gasteiger partial charge in [0.15, 0.2) is 0 Å². The molecule has 0 saturated heterocycles. The number of benzene rings is 5. The molecular weight excluding hydrogens is 574 g/mol. The van der Waals surface area contributed by atoms with Crippen molar-refractivity contribution in [3.05, 3.63) is 152 Å². The van der Waals surface area contributed by atoms with Crippen LogP contribution in [0.1, 0.15) is 0 Å². The lowest BCUT2D eigenvalue weighted by Gasteiger charge is -2.11. The number of nitrogens with zero attached hydrogens (tertiary/aromatic N) is 5. The Morgan fingerprint density at radius 1 is 0.426 bits per heavy atom. The van der Waals surface area contributed by atoms with Gasteiger partial charge in [0.1, 0.15) is 5.82 Å². The molecule has 5 heteroatoms. The van der Waals surface area contributed by atoms with Crippen molar-refractivity contribution in [3.8, 4) is 28.2 Å². The summed E-state index contributed by atoms with van der Waals surface area (Å²) in [6, 6.07) is 44.9. The van der Waals surface area contributed by atoms with Crippen LogP contribution in [0.15, 0.2) is 152 Å². The molecular formula is C42H25N5. The maximum Gasteiger partial charge on any atom is 0.137 e. The second-order valence-electron chi connectivity index (χ2n) is 11.9. The average Bonchev–Trinajstić information content (AvgIpc) is 3.48. The molecule has 218 valence electrons. The van der Waals surface area contributed by atoms with Crippen LogP contribution in [0.25, 0.3) is 93.4 Å². The van der Waals surface area contributed by atoms with Crippen molar-refractivity contribution < 1.29 is 0 Å². The predicted octanol–water partition coefficient (Wildman–Crippen LogP) is 10.3. The van der Waals surface area contributed by atoms with Crippen molar-refractivity contribution in [2.45, 2.75) is 0 Å². The smallest absolute Gasteiger partial charge is 0.137 e. The molecule has 0 atom stereocenters. The lowest BCUT2D eigenvalue weighted by atomic mass is 9.99. The Morgan fingerprint density at radius 3 is 2.02 bits per heavy atom. The van der Waals surface area contributed by atoms with Crippen molar-refractivity contribution in [2.75, 3.05) is 0 Å². The first-order chi connectivity index (χ1) is 23.3. The molecule has 5 aromatic heterocycles. The van der Waals surface area contributed by atoms with E-state index in [1.807, 2.05) is 36.9 Å². The SMILES string of the molecule is c1ccc2c(-c3ccc4c(c3)c3c5ccccc5ccc3n4-c3ccc(-c4cc5cccnc5c5ncccc45)cn3)nccc2c1. The first-order valence-corrected chi connectivity index (χ1v) is 15.7. The minimum Gasteiger partial charge on any atom is -0.294 e. The van der Waals surface area contributed by atoms with E-state index < -0.39 is 0 Å². The van der Waals surface area contributed by atoms with E-state index in [1.54, 1.807) is 0 Å². The van der Waals surface area contributed by atoms with E-state index >= 15 is 0 Å². The topological polar surface area (TPSA) is 56.5 Å². The van der Waals surface area contributed by atoms with Gasteiger partial charge in [0.05, 0.1) is 27.8 Å². The van der Waals surface area contributed by atoms with Gasteiger partial charge in [-0.05, 0) is 76.3 Å². The highest BCUT2D eigenvalue weighted by Crippen LogP contribution is 2.40. The van der Waals surface area contributed by atoms with Crippen molar-refractivity contribution in [1.29, 1.82) is 0 Å². The number of pyridine rings is 4. The van der Waals surface area contributed by atoms with Gasteiger partial charge in [-0.1, -0.05) is 72.8 Å². The third kappa shape index (κ3) is 3.90. The van der Waals surface area contributed by atoms with Crippen molar-refractivity contribution in [3.63, 3.8) is 0 Å². The number of hydrogen-bond donors (Lipinski definition) is 0. The van der Waals surface area contributed by atoms with Crippen LogP contribution in [-0.4, -0.2) is 24.5 Å². The molecule has 10 rings (SSSR count). The van der Waals surface area contributed by atoms with Gasteiger partial charge in [-0.25, -0.2) is 4.98 Å². The van der Waals surface area contributed by atoms with Gasteiger partial charge >= 0.3 is 0 Å². The number of rotatable bonds is 3. The predicted molar refractivity (Wildman–Crippen MR) is 193 cm³/mol. The van der Waals surface area contributed by atoms with Gasteiger partial charge in [0.2, 0.25) is 0 Å². The maximum atomic E-state index is 5.10. The van der Waals surface area contributed by atoms with Crippen LogP contribution in [0.3, 0.4) is 0 Å². The molecule has 0 saturated carbocycles. The summed E-state index contributed by atoms with van der Waals surface area (Å²) in [5, 5.41) is 9.27. The first-order valence-electron chi connectivity index (χ1n) is 15.7. The summed E-state index contributed by atoms with van der Waals surface area (Å²) < 4.78 is 2.28. The highest BCUT2D eigenvalue weighted by molar-refractivity contribution is 6.22. The van der Waals surface area contributed by atoms with E-state index in [-0.39, 0.29) is 0 Å². The standard InChI is InChI=1S/C42H25N5/c1-3-10-31-26(7-1)13-17-37-39(31)35-24-29(40-32-11-4-2-8-27(32)19-22-45-40)14-16-36(35)47(37)38-18-15-30(25-46-38)34-23-28-9-5-20-43-41(28)42-33(34)12-6-21-44-42/h1-25H. The fourth-order valence-electron chi connectivity index (χ4n) is 7.23. The van der Waals surface area contributed by atoms with Crippen molar-refractivity contribution >= 4 is 65.2 Å². The molecule has 0 N–H and O–H groups in total. The minimum absolute atomic E-state index is 0.866. The third-order valence-corrected chi connectivity index (χ3v) is 9.35. The fraction of sp³-hybridized carbons (Fsp3) is 0. The maximum absolute atomic E-state index is 5.10. The zero-order valence-corrected chi connectivity index (χ0v) is 25.2. The summed E-state index contributed by atoms with van der Waals surface area (Å²) in [6.07, 6.45) is 7.53. The highest BCUT2D eigenvalue weighted by Gasteiger charge is 2.18. The lowest BCUT2D eigenvalue weighted by Crippen LogP contribution is -1.97. The Kier molecular flexibility index (Phi) is 5.51. The van der Waals surface area contributed by atoms with Crippen molar-refractivity contribution in [2.24, 2.45) is 0 Å². The largest absolute Gasteiger partial charge is 0.294 e. The van der Waals surface area contributed by atoms with Gasteiger partial charge in [0.25, 0.3) is 0 Å². The molecule has 0 unspecified atom stereocenters. The normalized spacial score (nSPS) is 11.8. The molecule has 5 nitrogen and oxygen atoms in total. The van der Waals surface area contributed by atoms with E-state index in [0.29, 0.717) is 0 Å². The van der Waals surface area contributed by atoms with E-state index in [0.717, 1.165) is 66.4 Å². The molecule has 0 amide bonds. The molecule has 0 aliphatic carbocycles. The lowest BCUT2D eigenvalue weighted by molar-refractivity contribution is 1.08. The Bertz CT molecular complexity index is 2850. The molecule has 0 aliphatic heterocycles. The summed E-state index contributed by atoms with van der Waals surface area (Å²) in [6.45, 7) is 0. The van der Waals surface area contributed by atoms with Gasteiger partial charge in [0, 0.05) is 62.8 Å². The summed E-state index contributed by atoms with van der Waals surface area (Å²) in [5.41, 5.74) is 8.24. The van der Waals surface area contributed by atoms with E-state index in [2.05, 4.69) is 125 Å². The first kappa shape index (κ1) is 25.8. The number of fused-ring (bicyclic) bond motifs is 9. The second kappa shape index (κ2) is 10.0. The van der Waals surface area contributed by atoms with Crippen LogP contribution in [-0.2, 0) is 0 Å². The Hall–Kier alpha value is -6.46. The van der Waals surface area contributed by atoms with Crippen LogP contribution in [0.2, 0.25) is 0 Å². The highest BCUT2D eigenvalue weighted by atomic mass is 15.1. The fourth-order valence-corrected chi connectivity index (χ4v) is 7.23. The van der Waals surface area contributed by atoms with Crippen LogP contribution in [0.4, 0.5) is 0 Å². The van der Waals surface area contributed by atoms with E-state index in [4.69, 9.17) is 15.0 Å². The van der Waals surface area contributed by atoms with Crippen LogP contribution in [0.5, 0.6) is 0 Å². The molecule has 5 aromatic carbocycles. The Morgan fingerprint density at radius 2 is 1.15 bits per heavy atom. The zero-order valence-electron chi connectivity index (χ0n) is 25.2. The average molecular weight is 600 g/mol. The third-order valence-electron chi connectivity index (χ3n) is 9.35. The molecule has 0 fully saturated rings. The molecule has 47 heavy (non-hydrogen) atoms. The summed E-state index contributed by atoms with van der Waals surface area (Å²) in [7, 11) is 0.